The Bertz CT molecular complexity index is 782. The summed E-state index contributed by atoms with van der Waals surface area (Å²) in [4.78, 5) is 0. The smallest absolute Gasteiger partial charge is 0.205 e. The van der Waals surface area contributed by atoms with Crippen LogP contribution in [0.4, 0.5) is 5.69 Å². The summed E-state index contributed by atoms with van der Waals surface area (Å²) >= 11 is 0. The van der Waals surface area contributed by atoms with Crippen molar-refractivity contribution in [2.75, 3.05) is 6.54 Å². The number of rotatable bonds is 4. The molecule has 2 heteroatoms. The van der Waals surface area contributed by atoms with Crippen LogP contribution in [-0.4, -0.2) is 16.8 Å². The number of fused-ring (bicyclic) bond motifs is 1. The molecule has 0 atom stereocenters. The molecule has 0 radical (unpaired) electrons. The van der Waals surface area contributed by atoms with E-state index in [1.165, 1.54) is 22.5 Å². The third-order valence-electron chi connectivity index (χ3n) is 4.80. The lowest BCUT2D eigenvalue weighted by Gasteiger charge is -2.15. The zero-order valence-electron chi connectivity index (χ0n) is 14.6. The van der Waals surface area contributed by atoms with E-state index >= 15 is 0 Å². The van der Waals surface area contributed by atoms with E-state index in [0.29, 0.717) is 0 Å². The topological polar surface area (TPSA) is 6.89 Å². The molecule has 3 rings (SSSR count). The molecule has 0 bridgehead atoms. The van der Waals surface area contributed by atoms with Crippen LogP contribution >= 0.6 is 0 Å². The first-order valence-electron chi connectivity index (χ1n) is 8.49. The lowest BCUT2D eigenvalue weighted by Crippen LogP contribution is -2.31. The van der Waals surface area contributed by atoms with Crippen molar-refractivity contribution in [2.24, 2.45) is 0 Å². The number of para-hydroxylation sites is 1. The average Bonchev–Trinajstić information content (AvgIpc) is 2.80. The first kappa shape index (κ1) is 15.7. The predicted octanol–water partition coefficient (Wildman–Crippen LogP) is 4.10. The van der Waals surface area contributed by atoms with Gasteiger partial charge in [0.25, 0.3) is 0 Å². The maximum absolute atomic E-state index is 2.43. The fourth-order valence-electron chi connectivity index (χ4n) is 3.49. The van der Waals surface area contributed by atoms with E-state index in [2.05, 4.69) is 97.8 Å². The highest BCUT2D eigenvalue weighted by Crippen LogP contribution is 2.39. The second-order valence-corrected chi connectivity index (χ2v) is 6.57. The number of aryl methyl sites for hydroxylation is 1. The van der Waals surface area contributed by atoms with Gasteiger partial charge in [-0.05, 0) is 39.8 Å². The molecule has 2 nitrogen and oxygen atoms in total. The molecular formula is C21H26N2+2. The third kappa shape index (κ3) is 2.74. The van der Waals surface area contributed by atoms with Gasteiger partial charge >= 0.3 is 0 Å². The van der Waals surface area contributed by atoms with Crippen molar-refractivity contribution < 1.29 is 9.14 Å². The van der Waals surface area contributed by atoms with Crippen molar-refractivity contribution in [1.29, 1.82) is 0 Å². The molecule has 1 aliphatic heterocycles. The standard InChI is InChI=1S/C21H26N2/c1-5-22-15-9-10-17(16-22)13-14-20-21(3,4)18-11-7-8-12-19(18)23(20)6-2/h7-16H,5-6H2,1-4H3/q+2. The van der Waals surface area contributed by atoms with Crippen LogP contribution in [0.3, 0.4) is 0 Å². The Morgan fingerprint density at radius 1 is 0.957 bits per heavy atom. The summed E-state index contributed by atoms with van der Waals surface area (Å²) in [5.74, 6) is 0. The molecule has 2 heterocycles. The lowest BCUT2D eigenvalue weighted by molar-refractivity contribution is -0.693. The average molecular weight is 306 g/mol. The van der Waals surface area contributed by atoms with Crippen molar-refractivity contribution in [3.05, 3.63) is 66.0 Å². The van der Waals surface area contributed by atoms with E-state index in [0.717, 1.165) is 13.1 Å². The molecule has 0 saturated heterocycles. The first-order chi connectivity index (χ1) is 11.1. The Hall–Kier alpha value is -2.22. The SMILES string of the molecule is CC[N+]1=C(C=Cc2ccc[n+](CC)c2)C(C)(C)c2ccccc21. The van der Waals surface area contributed by atoms with Gasteiger partial charge in [-0.25, -0.2) is 4.57 Å². The Morgan fingerprint density at radius 2 is 1.74 bits per heavy atom. The van der Waals surface area contributed by atoms with Crippen molar-refractivity contribution in [1.82, 2.24) is 0 Å². The van der Waals surface area contributed by atoms with Gasteiger partial charge in [-0.15, -0.1) is 0 Å². The quantitative estimate of drug-likeness (QED) is 0.751. The van der Waals surface area contributed by atoms with Crippen LogP contribution in [0, 0.1) is 0 Å². The number of benzene rings is 1. The molecule has 0 unspecified atom stereocenters. The summed E-state index contributed by atoms with van der Waals surface area (Å²) < 4.78 is 4.64. The number of hydrogen-bond donors (Lipinski definition) is 0. The summed E-state index contributed by atoms with van der Waals surface area (Å²) in [6.07, 6.45) is 8.83. The van der Waals surface area contributed by atoms with Crippen LogP contribution in [0.1, 0.15) is 38.8 Å². The third-order valence-corrected chi connectivity index (χ3v) is 4.80. The van der Waals surface area contributed by atoms with Crippen LogP contribution in [0.5, 0.6) is 0 Å². The van der Waals surface area contributed by atoms with Crippen LogP contribution in [0.15, 0.2) is 54.9 Å². The molecule has 1 aromatic heterocycles. The summed E-state index contributed by atoms with van der Waals surface area (Å²) in [6, 6.07) is 13.0. The Morgan fingerprint density at radius 3 is 2.48 bits per heavy atom. The summed E-state index contributed by atoms with van der Waals surface area (Å²) in [6.45, 7) is 11.0. The van der Waals surface area contributed by atoms with Crippen LogP contribution < -0.4 is 4.57 Å². The highest BCUT2D eigenvalue weighted by molar-refractivity contribution is 6.05. The van der Waals surface area contributed by atoms with E-state index in [4.69, 9.17) is 0 Å². The van der Waals surface area contributed by atoms with E-state index in [-0.39, 0.29) is 5.41 Å². The molecule has 0 amide bonds. The number of allylic oxidation sites excluding steroid dienone is 1. The molecule has 1 aromatic carbocycles. The zero-order valence-corrected chi connectivity index (χ0v) is 14.6. The predicted molar refractivity (Wildman–Crippen MR) is 96.3 cm³/mol. The normalized spacial score (nSPS) is 16.2. The molecular weight excluding hydrogens is 280 g/mol. The van der Waals surface area contributed by atoms with Crippen molar-refractivity contribution in [2.45, 2.75) is 39.7 Å². The molecule has 118 valence electrons. The van der Waals surface area contributed by atoms with E-state index in [1.807, 2.05) is 0 Å². The number of pyridine rings is 1. The van der Waals surface area contributed by atoms with Gasteiger partial charge in [0.2, 0.25) is 5.69 Å². The van der Waals surface area contributed by atoms with Gasteiger partial charge in [0.1, 0.15) is 13.1 Å². The molecule has 1 aliphatic rings. The summed E-state index contributed by atoms with van der Waals surface area (Å²) in [7, 11) is 0. The molecule has 23 heavy (non-hydrogen) atoms. The van der Waals surface area contributed by atoms with Crippen LogP contribution in [0.25, 0.3) is 6.08 Å². The Balaban J connectivity index is 2.03. The minimum absolute atomic E-state index is 0.0403. The van der Waals surface area contributed by atoms with Gasteiger partial charge in [0.05, 0.1) is 5.41 Å². The molecule has 0 fully saturated rings. The van der Waals surface area contributed by atoms with E-state index in [9.17, 15) is 0 Å². The molecule has 0 spiro atoms. The van der Waals surface area contributed by atoms with Gasteiger partial charge in [0, 0.05) is 29.3 Å². The van der Waals surface area contributed by atoms with E-state index in [1.54, 1.807) is 0 Å². The van der Waals surface area contributed by atoms with Crippen molar-refractivity contribution in [3.8, 4) is 0 Å². The Labute approximate surface area is 139 Å². The highest BCUT2D eigenvalue weighted by Gasteiger charge is 2.43. The van der Waals surface area contributed by atoms with Crippen LogP contribution in [0.2, 0.25) is 0 Å². The molecule has 0 N–H and O–H groups in total. The van der Waals surface area contributed by atoms with Gasteiger partial charge in [0.15, 0.2) is 18.1 Å². The van der Waals surface area contributed by atoms with Crippen molar-refractivity contribution in [3.63, 3.8) is 0 Å². The summed E-state index contributed by atoms with van der Waals surface area (Å²) in [5, 5.41) is 0. The zero-order chi connectivity index (χ0) is 16.4. The first-order valence-corrected chi connectivity index (χ1v) is 8.49. The van der Waals surface area contributed by atoms with E-state index < -0.39 is 0 Å². The molecule has 0 saturated carbocycles. The Kier molecular flexibility index (Phi) is 4.16. The fraction of sp³-hybridized carbons (Fsp3) is 0.333. The van der Waals surface area contributed by atoms with Crippen molar-refractivity contribution >= 4 is 17.5 Å². The largest absolute Gasteiger partial charge is 0.209 e. The maximum Gasteiger partial charge on any atom is 0.209 e. The molecule has 2 aromatic rings. The maximum atomic E-state index is 2.43. The fourth-order valence-corrected chi connectivity index (χ4v) is 3.49. The minimum Gasteiger partial charge on any atom is -0.205 e. The molecule has 0 aliphatic carbocycles. The second kappa shape index (κ2) is 6.11. The number of hydrogen-bond acceptors (Lipinski definition) is 0. The number of aromatic nitrogens is 1. The lowest BCUT2D eigenvalue weighted by atomic mass is 9.81. The number of nitrogens with zero attached hydrogens (tertiary/aromatic N) is 2. The van der Waals surface area contributed by atoms with Gasteiger partial charge in [-0.1, -0.05) is 18.2 Å². The van der Waals surface area contributed by atoms with Gasteiger partial charge in [-0.2, -0.15) is 4.58 Å². The van der Waals surface area contributed by atoms with Crippen LogP contribution in [-0.2, 0) is 12.0 Å². The van der Waals surface area contributed by atoms with Gasteiger partial charge in [-0.3, -0.25) is 0 Å². The van der Waals surface area contributed by atoms with Gasteiger partial charge < -0.3 is 0 Å². The summed E-state index contributed by atoms with van der Waals surface area (Å²) in [5.41, 5.74) is 5.41. The minimum atomic E-state index is 0.0403. The monoisotopic (exact) mass is 306 g/mol. The highest BCUT2D eigenvalue weighted by atomic mass is 15.0. The second-order valence-electron chi connectivity index (χ2n) is 6.57.